The van der Waals surface area contributed by atoms with Crippen molar-refractivity contribution in [2.75, 3.05) is 11.1 Å². The van der Waals surface area contributed by atoms with Gasteiger partial charge in [0.2, 0.25) is 0 Å². The van der Waals surface area contributed by atoms with Gasteiger partial charge in [0, 0.05) is 33.6 Å². The third-order valence-corrected chi connectivity index (χ3v) is 4.08. The van der Waals surface area contributed by atoms with Crippen molar-refractivity contribution in [3.63, 3.8) is 0 Å². The van der Waals surface area contributed by atoms with Gasteiger partial charge in [0.15, 0.2) is 0 Å². The third kappa shape index (κ3) is 4.14. The second kappa shape index (κ2) is 5.97. The smallest absolute Gasteiger partial charge is 0.399 e. The predicted octanol–water partition coefficient (Wildman–Crippen LogP) is 4.70. The van der Waals surface area contributed by atoms with Crippen molar-refractivity contribution >= 4 is 22.7 Å². The molecule has 0 spiro atoms. The molecule has 0 aliphatic heterocycles. The molecule has 0 saturated carbocycles. The number of hydrogen-bond donors (Lipinski definition) is 2. The Morgan fingerprint density at radius 1 is 1.24 bits per heavy atom. The largest absolute Gasteiger partial charge is 0.418 e. The Hall–Kier alpha value is -1.69. The SMILES string of the molecule is Cc1ccc(CC(C)Nc2ccc(N)cc2C(F)(F)F)s1. The van der Waals surface area contributed by atoms with Crippen LogP contribution >= 0.6 is 11.3 Å². The molecule has 0 fully saturated rings. The number of nitrogen functional groups attached to an aromatic ring is 1. The van der Waals surface area contributed by atoms with Gasteiger partial charge in [0.1, 0.15) is 0 Å². The lowest BCUT2D eigenvalue weighted by atomic mass is 10.1. The van der Waals surface area contributed by atoms with Crippen LogP contribution in [0.3, 0.4) is 0 Å². The van der Waals surface area contributed by atoms with Gasteiger partial charge in [0.25, 0.3) is 0 Å². The van der Waals surface area contributed by atoms with Crippen LogP contribution < -0.4 is 11.1 Å². The first-order chi connectivity index (χ1) is 9.75. The van der Waals surface area contributed by atoms with Crippen molar-refractivity contribution in [3.8, 4) is 0 Å². The van der Waals surface area contributed by atoms with Crippen molar-refractivity contribution in [1.82, 2.24) is 0 Å². The van der Waals surface area contributed by atoms with Gasteiger partial charge in [-0.3, -0.25) is 0 Å². The number of thiophene rings is 1. The maximum Gasteiger partial charge on any atom is 0.418 e. The minimum atomic E-state index is -4.42. The molecule has 2 rings (SSSR count). The molecule has 1 heterocycles. The summed E-state index contributed by atoms with van der Waals surface area (Å²) in [7, 11) is 0. The summed E-state index contributed by atoms with van der Waals surface area (Å²) in [6.07, 6.45) is -3.74. The van der Waals surface area contributed by atoms with Gasteiger partial charge in [-0.1, -0.05) is 0 Å². The summed E-state index contributed by atoms with van der Waals surface area (Å²) >= 11 is 1.66. The summed E-state index contributed by atoms with van der Waals surface area (Å²) in [6, 6.07) is 7.73. The fraction of sp³-hybridized carbons (Fsp3) is 0.333. The summed E-state index contributed by atoms with van der Waals surface area (Å²) in [5.41, 5.74) is 4.90. The Balaban J connectivity index is 2.15. The van der Waals surface area contributed by atoms with Crippen molar-refractivity contribution in [2.45, 2.75) is 32.5 Å². The van der Waals surface area contributed by atoms with E-state index in [9.17, 15) is 13.2 Å². The van der Waals surface area contributed by atoms with E-state index in [1.807, 2.05) is 26.0 Å². The molecule has 0 amide bonds. The fourth-order valence-electron chi connectivity index (χ4n) is 2.14. The lowest BCUT2D eigenvalue weighted by Crippen LogP contribution is -2.20. The number of rotatable bonds is 4. The van der Waals surface area contributed by atoms with Gasteiger partial charge in [-0.25, -0.2) is 0 Å². The van der Waals surface area contributed by atoms with Crippen molar-refractivity contribution in [2.24, 2.45) is 0 Å². The first kappa shape index (κ1) is 15.7. The molecule has 1 unspecified atom stereocenters. The molecule has 0 aliphatic carbocycles. The van der Waals surface area contributed by atoms with Crippen LogP contribution in [-0.4, -0.2) is 6.04 Å². The molecule has 0 aliphatic rings. The van der Waals surface area contributed by atoms with Crippen LogP contribution in [0.4, 0.5) is 24.5 Å². The number of aryl methyl sites for hydroxylation is 1. The summed E-state index contributed by atoms with van der Waals surface area (Å²) in [5, 5.41) is 2.93. The molecule has 2 aromatic rings. The van der Waals surface area contributed by atoms with Gasteiger partial charge < -0.3 is 11.1 Å². The highest BCUT2D eigenvalue weighted by molar-refractivity contribution is 7.11. The van der Waals surface area contributed by atoms with Crippen LogP contribution in [0.2, 0.25) is 0 Å². The van der Waals surface area contributed by atoms with E-state index in [0.717, 1.165) is 10.9 Å². The first-order valence-electron chi connectivity index (χ1n) is 6.54. The minimum Gasteiger partial charge on any atom is -0.399 e. The maximum absolute atomic E-state index is 13.0. The minimum absolute atomic E-state index is 0.0671. The van der Waals surface area contributed by atoms with Crippen LogP contribution in [-0.2, 0) is 12.6 Å². The predicted molar refractivity (Wildman–Crippen MR) is 81.7 cm³/mol. The number of alkyl halides is 3. The van der Waals surface area contributed by atoms with Gasteiger partial charge in [-0.2, -0.15) is 13.2 Å². The van der Waals surface area contributed by atoms with Crippen LogP contribution in [0.5, 0.6) is 0 Å². The molecule has 0 radical (unpaired) electrons. The molecule has 21 heavy (non-hydrogen) atoms. The molecule has 0 bridgehead atoms. The van der Waals surface area contributed by atoms with E-state index in [1.54, 1.807) is 11.3 Å². The lowest BCUT2D eigenvalue weighted by Gasteiger charge is -2.19. The van der Waals surface area contributed by atoms with Gasteiger partial charge in [-0.05, 0) is 44.2 Å². The average Bonchev–Trinajstić information content (AvgIpc) is 2.75. The Morgan fingerprint density at radius 3 is 2.52 bits per heavy atom. The first-order valence-corrected chi connectivity index (χ1v) is 7.36. The molecule has 2 nitrogen and oxygen atoms in total. The topological polar surface area (TPSA) is 38.0 Å². The number of hydrogen-bond acceptors (Lipinski definition) is 3. The number of anilines is 2. The molecular weight excluding hydrogens is 297 g/mol. The number of halogens is 3. The normalized spacial score (nSPS) is 13.2. The summed E-state index contributed by atoms with van der Waals surface area (Å²) in [6.45, 7) is 3.87. The Bertz CT molecular complexity index is 620. The molecule has 1 atom stereocenters. The summed E-state index contributed by atoms with van der Waals surface area (Å²) < 4.78 is 39.0. The van der Waals surface area contributed by atoms with Crippen molar-refractivity contribution < 1.29 is 13.2 Å². The van der Waals surface area contributed by atoms with E-state index < -0.39 is 11.7 Å². The number of benzene rings is 1. The Morgan fingerprint density at radius 2 is 1.95 bits per heavy atom. The van der Waals surface area contributed by atoms with Gasteiger partial charge in [0.05, 0.1) is 5.56 Å². The molecular formula is C15H17F3N2S. The van der Waals surface area contributed by atoms with E-state index in [0.29, 0.717) is 6.42 Å². The second-order valence-electron chi connectivity index (χ2n) is 5.06. The van der Waals surface area contributed by atoms with E-state index in [1.165, 1.54) is 17.0 Å². The van der Waals surface area contributed by atoms with E-state index >= 15 is 0 Å². The summed E-state index contributed by atoms with van der Waals surface area (Å²) in [4.78, 5) is 2.34. The molecule has 114 valence electrons. The third-order valence-electron chi connectivity index (χ3n) is 3.05. The number of nitrogens with two attached hydrogens (primary N) is 1. The Labute approximate surface area is 125 Å². The average molecular weight is 314 g/mol. The molecule has 6 heteroatoms. The summed E-state index contributed by atoms with van der Waals surface area (Å²) in [5.74, 6) is 0. The standard InChI is InChI=1S/C15H17F3N2S/c1-9(7-12-5-3-10(2)21-12)20-14-6-4-11(19)8-13(14)15(16,17)18/h3-6,8-9,20H,7,19H2,1-2H3. The second-order valence-corrected chi connectivity index (χ2v) is 6.44. The Kier molecular flexibility index (Phi) is 4.46. The van der Waals surface area contributed by atoms with Crippen LogP contribution in [0.15, 0.2) is 30.3 Å². The molecule has 0 saturated heterocycles. The molecule has 1 aromatic heterocycles. The van der Waals surface area contributed by atoms with Gasteiger partial charge in [-0.15, -0.1) is 11.3 Å². The monoisotopic (exact) mass is 314 g/mol. The van der Waals surface area contributed by atoms with E-state index in [-0.39, 0.29) is 17.4 Å². The van der Waals surface area contributed by atoms with Crippen LogP contribution in [0, 0.1) is 6.92 Å². The highest BCUT2D eigenvalue weighted by Gasteiger charge is 2.34. The molecule has 1 aromatic carbocycles. The van der Waals surface area contributed by atoms with Crippen LogP contribution in [0.25, 0.3) is 0 Å². The van der Waals surface area contributed by atoms with Crippen LogP contribution in [0.1, 0.15) is 22.2 Å². The van der Waals surface area contributed by atoms with Crippen molar-refractivity contribution in [1.29, 1.82) is 0 Å². The zero-order chi connectivity index (χ0) is 15.6. The highest BCUT2D eigenvalue weighted by atomic mass is 32.1. The molecule has 3 N–H and O–H groups in total. The lowest BCUT2D eigenvalue weighted by molar-refractivity contribution is -0.136. The van der Waals surface area contributed by atoms with Crippen molar-refractivity contribution in [3.05, 3.63) is 45.6 Å². The zero-order valence-corrected chi connectivity index (χ0v) is 12.6. The number of nitrogens with one attached hydrogen (secondary N) is 1. The zero-order valence-electron chi connectivity index (χ0n) is 11.8. The maximum atomic E-state index is 13.0. The fourth-order valence-corrected chi connectivity index (χ4v) is 3.15. The highest BCUT2D eigenvalue weighted by Crippen LogP contribution is 2.36. The van der Waals surface area contributed by atoms with Gasteiger partial charge >= 0.3 is 6.18 Å². The quantitative estimate of drug-likeness (QED) is 0.803. The van der Waals surface area contributed by atoms with E-state index in [2.05, 4.69) is 5.32 Å². The van der Waals surface area contributed by atoms with E-state index in [4.69, 9.17) is 5.73 Å².